The first-order chi connectivity index (χ1) is 8.90. The summed E-state index contributed by atoms with van der Waals surface area (Å²) in [5.41, 5.74) is 5.65. The zero-order valence-electron chi connectivity index (χ0n) is 12.5. The molecule has 0 bridgehead atoms. The van der Waals surface area contributed by atoms with Crippen molar-refractivity contribution in [3.63, 3.8) is 0 Å². The fourth-order valence-electron chi connectivity index (χ4n) is 3.33. The largest absolute Gasteiger partial charge is 0.378 e. The Morgan fingerprint density at radius 1 is 1.32 bits per heavy atom. The third kappa shape index (κ3) is 2.79. The van der Waals surface area contributed by atoms with Crippen LogP contribution in [0.3, 0.4) is 0 Å². The highest BCUT2D eigenvalue weighted by Crippen LogP contribution is 2.43. The van der Waals surface area contributed by atoms with E-state index in [0.717, 1.165) is 38.7 Å². The summed E-state index contributed by atoms with van der Waals surface area (Å²) in [4.78, 5) is 12.4. The molecular weight excluding hydrogens is 240 g/mol. The molecule has 0 heterocycles. The summed E-state index contributed by atoms with van der Waals surface area (Å²) in [5, 5.41) is 3.16. The molecule has 2 unspecified atom stereocenters. The lowest BCUT2D eigenvalue weighted by Crippen LogP contribution is -2.66. The average Bonchev–Trinajstić information content (AvgIpc) is 2.38. The van der Waals surface area contributed by atoms with Crippen molar-refractivity contribution in [1.82, 2.24) is 5.32 Å². The molecule has 4 nitrogen and oxygen atoms in total. The van der Waals surface area contributed by atoms with Gasteiger partial charge >= 0.3 is 0 Å². The van der Waals surface area contributed by atoms with Gasteiger partial charge in [0.25, 0.3) is 0 Å². The van der Waals surface area contributed by atoms with Crippen LogP contribution < -0.4 is 11.1 Å². The minimum absolute atomic E-state index is 0.0106. The number of carbonyl (C=O) groups excluding carboxylic acids is 1. The van der Waals surface area contributed by atoms with Crippen LogP contribution in [-0.4, -0.2) is 30.2 Å². The first kappa shape index (κ1) is 14.8. The number of nitrogens with one attached hydrogen (secondary N) is 1. The maximum Gasteiger partial charge on any atom is 0.240 e. The minimum atomic E-state index is -0.634. The van der Waals surface area contributed by atoms with Crippen LogP contribution in [-0.2, 0) is 9.53 Å². The van der Waals surface area contributed by atoms with E-state index in [1.807, 2.05) is 6.92 Å². The number of rotatable bonds is 4. The van der Waals surface area contributed by atoms with E-state index in [1.54, 1.807) is 0 Å². The number of nitrogens with two attached hydrogens (primary N) is 1. The fraction of sp³-hybridized carbons (Fsp3) is 0.933. The first-order valence-electron chi connectivity index (χ1n) is 7.61. The van der Waals surface area contributed by atoms with Crippen LogP contribution >= 0.6 is 0 Å². The zero-order chi connectivity index (χ0) is 14.1. The van der Waals surface area contributed by atoms with Gasteiger partial charge < -0.3 is 15.8 Å². The van der Waals surface area contributed by atoms with E-state index in [0.29, 0.717) is 0 Å². The van der Waals surface area contributed by atoms with Crippen LogP contribution in [0.5, 0.6) is 0 Å². The highest BCUT2D eigenvalue weighted by Gasteiger charge is 2.50. The van der Waals surface area contributed by atoms with Gasteiger partial charge in [-0.25, -0.2) is 0 Å². The number of hydrogen-bond donors (Lipinski definition) is 2. The van der Waals surface area contributed by atoms with Crippen molar-refractivity contribution < 1.29 is 9.53 Å². The van der Waals surface area contributed by atoms with E-state index in [2.05, 4.69) is 19.2 Å². The highest BCUT2D eigenvalue weighted by molar-refractivity contribution is 5.86. The normalized spacial score (nSPS) is 32.4. The number of hydrogen-bond acceptors (Lipinski definition) is 3. The summed E-state index contributed by atoms with van der Waals surface area (Å²) in [6, 6.07) is 0.193. The van der Waals surface area contributed by atoms with Gasteiger partial charge in [0.15, 0.2) is 0 Å². The molecule has 110 valence electrons. The zero-order valence-corrected chi connectivity index (χ0v) is 12.5. The van der Waals surface area contributed by atoms with Gasteiger partial charge in [0, 0.05) is 18.1 Å². The third-order valence-electron chi connectivity index (χ3n) is 5.05. The maximum atomic E-state index is 12.4. The fourth-order valence-corrected chi connectivity index (χ4v) is 3.33. The molecule has 0 aromatic rings. The van der Waals surface area contributed by atoms with Crippen molar-refractivity contribution >= 4 is 5.91 Å². The molecule has 2 atom stereocenters. The van der Waals surface area contributed by atoms with Gasteiger partial charge in [-0.1, -0.05) is 33.1 Å². The van der Waals surface area contributed by atoms with E-state index in [9.17, 15) is 4.79 Å². The summed E-state index contributed by atoms with van der Waals surface area (Å²) < 4.78 is 5.69. The van der Waals surface area contributed by atoms with Crippen molar-refractivity contribution in [2.45, 2.75) is 77.0 Å². The molecule has 4 heteroatoms. The summed E-state index contributed by atoms with van der Waals surface area (Å²) in [6.07, 6.45) is 6.14. The van der Waals surface area contributed by atoms with Crippen molar-refractivity contribution in [2.75, 3.05) is 6.61 Å². The van der Waals surface area contributed by atoms with Crippen LogP contribution in [0.4, 0.5) is 0 Å². The molecule has 0 radical (unpaired) electrons. The van der Waals surface area contributed by atoms with Crippen LogP contribution in [0.15, 0.2) is 0 Å². The van der Waals surface area contributed by atoms with Gasteiger partial charge in [-0.3, -0.25) is 4.79 Å². The molecule has 3 N–H and O–H groups in total. The van der Waals surface area contributed by atoms with Crippen molar-refractivity contribution in [1.29, 1.82) is 0 Å². The Labute approximate surface area is 116 Å². The SMILES string of the molecule is CCOC1CC(NC(=O)C2(N)CCCCC2)C1(C)C. The molecular formula is C15H28N2O2. The second-order valence-electron chi connectivity index (χ2n) is 6.74. The molecule has 19 heavy (non-hydrogen) atoms. The van der Waals surface area contributed by atoms with Gasteiger partial charge in [0.1, 0.15) is 0 Å². The van der Waals surface area contributed by atoms with E-state index >= 15 is 0 Å². The molecule has 0 saturated heterocycles. The van der Waals surface area contributed by atoms with E-state index in [-0.39, 0.29) is 23.5 Å². The van der Waals surface area contributed by atoms with E-state index in [1.165, 1.54) is 6.42 Å². The van der Waals surface area contributed by atoms with Crippen molar-refractivity contribution in [3.8, 4) is 0 Å². The Kier molecular flexibility index (Phi) is 4.21. The lowest BCUT2D eigenvalue weighted by Gasteiger charge is -2.52. The number of carbonyl (C=O) groups is 1. The average molecular weight is 268 g/mol. The van der Waals surface area contributed by atoms with Crippen LogP contribution in [0.2, 0.25) is 0 Å². The van der Waals surface area contributed by atoms with Crippen LogP contribution in [0.25, 0.3) is 0 Å². The Morgan fingerprint density at radius 3 is 2.47 bits per heavy atom. The van der Waals surface area contributed by atoms with Gasteiger partial charge in [-0.2, -0.15) is 0 Å². The van der Waals surface area contributed by atoms with Crippen molar-refractivity contribution in [2.24, 2.45) is 11.1 Å². The number of amides is 1. The molecule has 0 spiro atoms. The topological polar surface area (TPSA) is 64.3 Å². The predicted molar refractivity (Wildman–Crippen MR) is 75.7 cm³/mol. The lowest BCUT2D eigenvalue weighted by molar-refractivity contribution is -0.141. The standard InChI is InChI=1S/C15H28N2O2/c1-4-19-12-10-11(14(12,2)3)17-13(18)15(16)8-6-5-7-9-15/h11-12H,4-10,16H2,1-3H3,(H,17,18). The Bertz CT molecular complexity index is 335. The predicted octanol–water partition coefficient (Wildman–Crippen LogP) is 1.97. The van der Waals surface area contributed by atoms with Gasteiger partial charge in [-0.15, -0.1) is 0 Å². The monoisotopic (exact) mass is 268 g/mol. The third-order valence-corrected chi connectivity index (χ3v) is 5.05. The Balaban J connectivity index is 1.90. The minimum Gasteiger partial charge on any atom is -0.378 e. The number of ether oxygens (including phenoxy) is 1. The second kappa shape index (κ2) is 5.41. The van der Waals surface area contributed by atoms with Crippen molar-refractivity contribution in [3.05, 3.63) is 0 Å². The Morgan fingerprint density at radius 2 is 1.95 bits per heavy atom. The molecule has 0 aromatic heterocycles. The van der Waals surface area contributed by atoms with Crippen LogP contribution in [0.1, 0.15) is 59.3 Å². The summed E-state index contributed by atoms with van der Waals surface area (Å²) >= 11 is 0. The van der Waals surface area contributed by atoms with Gasteiger partial charge in [0.2, 0.25) is 5.91 Å². The van der Waals surface area contributed by atoms with Gasteiger partial charge in [-0.05, 0) is 26.2 Å². The summed E-state index contributed by atoms with van der Waals surface area (Å²) in [6.45, 7) is 7.06. The molecule has 2 rings (SSSR count). The van der Waals surface area contributed by atoms with Gasteiger partial charge in [0.05, 0.1) is 11.6 Å². The first-order valence-corrected chi connectivity index (χ1v) is 7.61. The molecule has 2 fully saturated rings. The molecule has 2 aliphatic rings. The molecule has 0 aromatic carbocycles. The molecule has 2 aliphatic carbocycles. The second-order valence-corrected chi connectivity index (χ2v) is 6.74. The van der Waals surface area contributed by atoms with E-state index < -0.39 is 5.54 Å². The lowest BCUT2D eigenvalue weighted by atomic mass is 9.64. The molecule has 2 saturated carbocycles. The maximum absolute atomic E-state index is 12.4. The molecule has 1 amide bonds. The van der Waals surface area contributed by atoms with Crippen LogP contribution in [0, 0.1) is 5.41 Å². The summed E-state index contributed by atoms with van der Waals surface area (Å²) in [5.74, 6) is 0.0419. The summed E-state index contributed by atoms with van der Waals surface area (Å²) in [7, 11) is 0. The van der Waals surface area contributed by atoms with E-state index in [4.69, 9.17) is 10.5 Å². The Hall–Kier alpha value is -0.610. The molecule has 0 aliphatic heterocycles. The smallest absolute Gasteiger partial charge is 0.240 e. The quantitative estimate of drug-likeness (QED) is 0.819. The highest BCUT2D eigenvalue weighted by atomic mass is 16.5.